The lowest BCUT2D eigenvalue weighted by Crippen LogP contribution is -2.16. The number of nitriles is 1. The minimum Gasteiger partial charge on any atom is -0.426 e. The van der Waals surface area contributed by atoms with Crippen molar-refractivity contribution in [1.29, 1.82) is 5.26 Å². The van der Waals surface area contributed by atoms with Crippen LogP contribution < -0.4 is 4.74 Å². The van der Waals surface area contributed by atoms with E-state index in [4.69, 9.17) is 10.00 Å². The first-order valence-corrected chi connectivity index (χ1v) is 5.97. The van der Waals surface area contributed by atoms with Crippen LogP contribution in [0.5, 0.6) is 5.75 Å². The fourth-order valence-corrected chi connectivity index (χ4v) is 1.71. The summed E-state index contributed by atoms with van der Waals surface area (Å²) in [4.78, 5) is 12.0. The molecule has 1 unspecified atom stereocenters. The standard InChI is InChI=1S/C16H13NO2/c1-12(14-7-5-6-13(10-14)11-17)16(18)19-15-8-3-2-4-9-15/h2-10,12H,1H3. The predicted octanol–water partition coefficient (Wildman–Crippen LogP) is 3.27. The van der Waals surface area contributed by atoms with Crippen LogP contribution in [0.25, 0.3) is 0 Å². The Morgan fingerprint density at radius 2 is 1.89 bits per heavy atom. The SMILES string of the molecule is CC(C(=O)Oc1ccccc1)c1cccc(C#N)c1. The minimum atomic E-state index is -0.409. The van der Waals surface area contributed by atoms with Gasteiger partial charge in [-0.1, -0.05) is 30.3 Å². The van der Waals surface area contributed by atoms with E-state index in [1.165, 1.54) is 0 Å². The minimum absolute atomic E-state index is 0.332. The summed E-state index contributed by atoms with van der Waals surface area (Å²) in [5.74, 6) is -0.217. The van der Waals surface area contributed by atoms with Gasteiger partial charge in [0.1, 0.15) is 5.75 Å². The third-order valence-corrected chi connectivity index (χ3v) is 2.83. The van der Waals surface area contributed by atoms with E-state index in [1.54, 1.807) is 37.3 Å². The van der Waals surface area contributed by atoms with Gasteiger partial charge in [-0.3, -0.25) is 4.79 Å². The van der Waals surface area contributed by atoms with Crippen LogP contribution in [0.1, 0.15) is 24.0 Å². The van der Waals surface area contributed by atoms with E-state index in [2.05, 4.69) is 6.07 Å². The molecule has 0 radical (unpaired) electrons. The van der Waals surface area contributed by atoms with Crippen molar-refractivity contribution in [3.05, 3.63) is 65.7 Å². The van der Waals surface area contributed by atoms with Crippen molar-refractivity contribution in [2.75, 3.05) is 0 Å². The molecule has 0 saturated carbocycles. The van der Waals surface area contributed by atoms with Gasteiger partial charge in [0.2, 0.25) is 0 Å². The first-order chi connectivity index (χ1) is 9.20. The summed E-state index contributed by atoms with van der Waals surface area (Å²) in [6.07, 6.45) is 0. The van der Waals surface area contributed by atoms with E-state index in [-0.39, 0.29) is 5.97 Å². The van der Waals surface area contributed by atoms with Crippen molar-refractivity contribution in [3.8, 4) is 11.8 Å². The highest BCUT2D eigenvalue weighted by Crippen LogP contribution is 2.20. The van der Waals surface area contributed by atoms with Gasteiger partial charge in [-0.25, -0.2) is 0 Å². The van der Waals surface area contributed by atoms with Gasteiger partial charge in [0.25, 0.3) is 0 Å². The molecule has 94 valence electrons. The molecule has 2 aromatic rings. The monoisotopic (exact) mass is 251 g/mol. The molecule has 3 nitrogen and oxygen atoms in total. The van der Waals surface area contributed by atoms with Crippen LogP contribution >= 0.6 is 0 Å². The average Bonchev–Trinajstić information content (AvgIpc) is 2.47. The van der Waals surface area contributed by atoms with E-state index < -0.39 is 5.92 Å². The highest BCUT2D eigenvalue weighted by molar-refractivity contribution is 5.80. The van der Waals surface area contributed by atoms with Gasteiger partial charge in [-0.2, -0.15) is 5.26 Å². The maximum absolute atomic E-state index is 12.0. The normalized spacial score (nSPS) is 11.4. The zero-order valence-corrected chi connectivity index (χ0v) is 10.5. The Morgan fingerprint density at radius 1 is 1.16 bits per heavy atom. The summed E-state index contributed by atoms with van der Waals surface area (Å²) >= 11 is 0. The maximum atomic E-state index is 12.0. The van der Waals surface area contributed by atoms with Crippen molar-refractivity contribution in [3.63, 3.8) is 0 Å². The van der Waals surface area contributed by atoms with Crippen LogP contribution in [0.15, 0.2) is 54.6 Å². The number of para-hydroxylation sites is 1. The second kappa shape index (κ2) is 5.83. The summed E-state index contributed by atoms with van der Waals surface area (Å²) in [6, 6.07) is 18.0. The number of esters is 1. The Balaban J connectivity index is 2.13. The number of nitrogens with zero attached hydrogens (tertiary/aromatic N) is 1. The third-order valence-electron chi connectivity index (χ3n) is 2.83. The third kappa shape index (κ3) is 3.20. The Morgan fingerprint density at radius 3 is 2.58 bits per heavy atom. The Kier molecular flexibility index (Phi) is 3.94. The molecule has 19 heavy (non-hydrogen) atoms. The molecule has 0 saturated heterocycles. The Bertz CT molecular complexity index is 614. The van der Waals surface area contributed by atoms with E-state index >= 15 is 0 Å². The number of carbonyl (C=O) groups excluding carboxylic acids is 1. The van der Waals surface area contributed by atoms with Crippen LogP contribution in [0.2, 0.25) is 0 Å². The summed E-state index contributed by atoms with van der Waals surface area (Å²) in [5.41, 5.74) is 1.32. The van der Waals surface area contributed by atoms with Crippen molar-refractivity contribution in [1.82, 2.24) is 0 Å². The number of hydrogen-bond donors (Lipinski definition) is 0. The maximum Gasteiger partial charge on any atom is 0.318 e. The number of ether oxygens (including phenoxy) is 1. The largest absolute Gasteiger partial charge is 0.426 e. The lowest BCUT2D eigenvalue weighted by Gasteiger charge is -2.11. The molecule has 2 rings (SSSR count). The molecule has 0 heterocycles. The van der Waals surface area contributed by atoms with Gasteiger partial charge in [0, 0.05) is 0 Å². The van der Waals surface area contributed by atoms with Crippen LogP contribution in [0.3, 0.4) is 0 Å². The van der Waals surface area contributed by atoms with Gasteiger partial charge in [-0.15, -0.1) is 0 Å². The smallest absolute Gasteiger partial charge is 0.318 e. The summed E-state index contributed by atoms with van der Waals surface area (Å²) < 4.78 is 5.28. The fourth-order valence-electron chi connectivity index (χ4n) is 1.71. The summed E-state index contributed by atoms with van der Waals surface area (Å²) in [6.45, 7) is 1.77. The quantitative estimate of drug-likeness (QED) is 0.621. The zero-order chi connectivity index (χ0) is 13.7. The number of carbonyl (C=O) groups is 1. The molecule has 0 aliphatic heterocycles. The van der Waals surface area contributed by atoms with E-state index in [0.29, 0.717) is 11.3 Å². The molecule has 0 aromatic heterocycles. The highest BCUT2D eigenvalue weighted by Gasteiger charge is 2.17. The van der Waals surface area contributed by atoms with E-state index in [0.717, 1.165) is 5.56 Å². The van der Waals surface area contributed by atoms with Gasteiger partial charge < -0.3 is 4.74 Å². The molecular weight excluding hydrogens is 238 g/mol. The zero-order valence-electron chi connectivity index (χ0n) is 10.5. The second-order valence-corrected chi connectivity index (χ2v) is 4.19. The molecule has 0 amide bonds. The Labute approximate surface area is 112 Å². The van der Waals surface area contributed by atoms with Crippen LogP contribution in [0.4, 0.5) is 0 Å². The molecule has 0 bridgehead atoms. The van der Waals surface area contributed by atoms with Gasteiger partial charge >= 0.3 is 5.97 Å². The van der Waals surface area contributed by atoms with Gasteiger partial charge in [-0.05, 0) is 36.8 Å². The van der Waals surface area contributed by atoms with E-state index in [9.17, 15) is 4.79 Å². The van der Waals surface area contributed by atoms with Crippen molar-refractivity contribution in [2.45, 2.75) is 12.8 Å². The molecule has 0 N–H and O–H groups in total. The summed E-state index contributed by atoms with van der Waals surface area (Å²) in [7, 11) is 0. The first kappa shape index (κ1) is 12.8. The number of benzene rings is 2. The molecule has 0 aliphatic rings. The van der Waals surface area contributed by atoms with Gasteiger partial charge in [0.15, 0.2) is 0 Å². The van der Waals surface area contributed by atoms with E-state index in [1.807, 2.05) is 24.3 Å². The summed E-state index contributed by atoms with van der Waals surface area (Å²) in [5, 5.41) is 8.85. The second-order valence-electron chi connectivity index (χ2n) is 4.19. The lowest BCUT2D eigenvalue weighted by atomic mass is 9.99. The highest BCUT2D eigenvalue weighted by atomic mass is 16.5. The van der Waals surface area contributed by atoms with Crippen LogP contribution in [0, 0.1) is 11.3 Å². The molecule has 2 aromatic carbocycles. The predicted molar refractivity (Wildman–Crippen MR) is 71.6 cm³/mol. The van der Waals surface area contributed by atoms with Crippen molar-refractivity contribution >= 4 is 5.97 Å². The average molecular weight is 251 g/mol. The Hall–Kier alpha value is -2.60. The topological polar surface area (TPSA) is 50.1 Å². The molecule has 0 fully saturated rings. The molecule has 3 heteroatoms. The van der Waals surface area contributed by atoms with Crippen LogP contribution in [-0.2, 0) is 4.79 Å². The molecule has 1 atom stereocenters. The first-order valence-electron chi connectivity index (χ1n) is 5.97. The molecule has 0 spiro atoms. The van der Waals surface area contributed by atoms with Crippen LogP contribution in [-0.4, -0.2) is 5.97 Å². The van der Waals surface area contributed by atoms with Crippen molar-refractivity contribution < 1.29 is 9.53 Å². The fraction of sp³-hybridized carbons (Fsp3) is 0.125. The molecular formula is C16H13NO2. The molecule has 0 aliphatic carbocycles. The lowest BCUT2D eigenvalue weighted by molar-refractivity contribution is -0.135. The number of hydrogen-bond acceptors (Lipinski definition) is 3. The van der Waals surface area contributed by atoms with Crippen molar-refractivity contribution in [2.24, 2.45) is 0 Å². The number of rotatable bonds is 3. The van der Waals surface area contributed by atoms with Gasteiger partial charge in [0.05, 0.1) is 17.6 Å².